The van der Waals surface area contributed by atoms with E-state index < -0.39 is 83.7 Å². The molecule has 2 saturated heterocycles. The minimum absolute atomic E-state index is 0.0303. The summed E-state index contributed by atoms with van der Waals surface area (Å²) in [4.78, 5) is 62.0. The monoisotopic (exact) mass is 1040 g/mol. The average molecular weight is 1040 g/mol. The van der Waals surface area contributed by atoms with Crippen LogP contribution in [0.4, 0.5) is 5.82 Å². The smallest absolute Gasteiger partial charge is 0.462 e. The van der Waals surface area contributed by atoms with E-state index in [0.29, 0.717) is 25.0 Å². The van der Waals surface area contributed by atoms with Gasteiger partial charge in [0.25, 0.3) is 0 Å². The van der Waals surface area contributed by atoms with Crippen molar-refractivity contribution in [1.29, 1.82) is 0 Å². The Kier molecular flexibility index (Phi) is 30.7. The summed E-state index contributed by atoms with van der Waals surface area (Å²) < 4.78 is 62.7. The molecule has 19 nitrogen and oxygen atoms in total. The Labute approximate surface area is 416 Å². The topological polar surface area (TPSA) is 278 Å². The lowest BCUT2D eigenvalue weighted by Crippen LogP contribution is -2.36. The number of nitrogen functional groups attached to an aromatic ring is 1. The van der Waals surface area contributed by atoms with Crippen LogP contribution in [0.5, 0.6) is 0 Å². The third-order valence-corrected chi connectivity index (χ3v) is 15.1. The molecule has 3 heterocycles. The number of anilines is 1. The first-order chi connectivity index (χ1) is 33.5. The third kappa shape index (κ3) is 27.5. The van der Waals surface area contributed by atoms with Gasteiger partial charge in [-0.15, -0.1) is 0 Å². The summed E-state index contributed by atoms with van der Waals surface area (Å²) in [5.41, 5.74) is 4.59. The highest BCUT2D eigenvalue weighted by molar-refractivity contribution is 7.61. The first-order valence-corrected chi connectivity index (χ1v) is 29.2. The van der Waals surface area contributed by atoms with Crippen LogP contribution in [0.1, 0.15) is 200 Å². The maximum atomic E-state index is 12.9. The number of allylic oxidation sites excluding steroid dienone is 1. The Hall–Kier alpha value is -2.54. The molecule has 3 rings (SSSR count). The van der Waals surface area contributed by atoms with E-state index in [-0.39, 0.29) is 18.7 Å². The molecule has 2 aliphatic heterocycles. The fourth-order valence-corrected chi connectivity index (χ4v) is 10.4. The predicted octanol–water partition coefficient (Wildman–Crippen LogP) is 9.68. The van der Waals surface area contributed by atoms with Crippen LogP contribution in [0, 0.1) is 5.92 Å². The van der Waals surface area contributed by atoms with E-state index >= 15 is 0 Å². The van der Waals surface area contributed by atoms with E-state index in [2.05, 4.69) is 42.2 Å². The average Bonchev–Trinajstić information content (AvgIpc) is 3.99. The van der Waals surface area contributed by atoms with Crippen molar-refractivity contribution >= 4 is 33.4 Å². The van der Waals surface area contributed by atoms with Gasteiger partial charge in [-0.3, -0.25) is 23.2 Å². The number of aliphatic hydroxyl groups is 2. The van der Waals surface area contributed by atoms with Gasteiger partial charge in [-0.25, -0.2) is 13.9 Å². The van der Waals surface area contributed by atoms with Gasteiger partial charge in [0.1, 0.15) is 30.7 Å². The van der Waals surface area contributed by atoms with E-state index in [1.165, 1.54) is 89.3 Å². The summed E-state index contributed by atoms with van der Waals surface area (Å²) in [6.45, 7) is 4.44. The van der Waals surface area contributed by atoms with Crippen molar-refractivity contribution in [2.45, 2.75) is 237 Å². The van der Waals surface area contributed by atoms with Crippen LogP contribution in [0.25, 0.3) is 0 Å². The van der Waals surface area contributed by atoms with Crippen molar-refractivity contribution in [2.24, 2.45) is 5.92 Å². The van der Waals surface area contributed by atoms with Crippen LogP contribution in [0.15, 0.2) is 29.2 Å². The molecule has 0 bridgehead atoms. The third-order valence-electron chi connectivity index (χ3n) is 12.5. The highest BCUT2D eigenvalue weighted by Gasteiger charge is 2.46. The fourth-order valence-electron chi connectivity index (χ4n) is 8.27. The summed E-state index contributed by atoms with van der Waals surface area (Å²) >= 11 is 0. The molecule has 2 aliphatic rings. The maximum absolute atomic E-state index is 12.9. The number of phosphoric acid groups is 2. The Balaban J connectivity index is 1.39. The van der Waals surface area contributed by atoms with E-state index in [0.717, 1.165) is 81.1 Å². The number of unbranched alkanes of at least 4 members (excludes halogenated alkanes) is 19. The van der Waals surface area contributed by atoms with Crippen LogP contribution in [0.2, 0.25) is 0 Å². The molecule has 1 aromatic heterocycles. The van der Waals surface area contributed by atoms with Gasteiger partial charge < -0.3 is 44.7 Å². The summed E-state index contributed by atoms with van der Waals surface area (Å²) in [7, 11) is -10.9. The number of carbonyl (C=O) groups is 2. The number of nitrogens with two attached hydrogens (primary N) is 1. The SMILES string of the molecule is CCCCC/C=C\CC1OC1CCCCCCCC(=O)O[C@H](COC(=O)CCCCCCCCCCCCCCCC(C)C)COP(=O)(O)OP(=O)(O)OC[C@H]1O[C@@H](n2ccc(N)nc2=O)[C@H](O)[C@@H]1O. The van der Waals surface area contributed by atoms with Gasteiger partial charge in [0.15, 0.2) is 12.3 Å². The van der Waals surface area contributed by atoms with Gasteiger partial charge in [-0.05, 0) is 50.5 Å². The zero-order valence-electron chi connectivity index (χ0n) is 42.2. The van der Waals surface area contributed by atoms with Crippen molar-refractivity contribution in [3.05, 3.63) is 34.9 Å². The Morgan fingerprint density at radius 2 is 1.33 bits per heavy atom. The standard InChI is InChI=1S/C49H87N3O16P2/c1-4-5-6-7-19-24-29-40-41(66-40)30-25-20-17-22-27-32-45(54)65-39(35-62-44(53)31-26-21-16-14-12-10-8-9-11-13-15-18-23-28-38(2)3)36-63-69(58,59)68-70(60,61)64-37-42-46(55)47(56)48(67-42)52-34-33-43(50)51-49(52)57/h19,24,33-34,38-42,46-48,55-56H,4-18,20-23,25-32,35-37H2,1-3H3,(H,58,59)(H,60,61)(H2,50,51,57)/b24-19-/t39-,40?,41?,42-,46-,47-,48-/m1/s1. The summed E-state index contributed by atoms with van der Waals surface area (Å²) in [6, 6.07) is 1.25. The number of rotatable bonds is 42. The molecule has 0 aliphatic carbocycles. The largest absolute Gasteiger partial charge is 0.481 e. The molecule has 21 heteroatoms. The Bertz CT molecular complexity index is 1800. The van der Waals surface area contributed by atoms with Crippen LogP contribution < -0.4 is 11.4 Å². The normalized spacial score (nSPS) is 22.3. The summed E-state index contributed by atoms with van der Waals surface area (Å²) in [6.07, 6.45) is 25.9. The number of hydrogen-bond acceptors (Lipinski definition) is 16. The number of aromatic nitrogens is 2. The molecule has 4 unspecified atom stereocenters. The molecule has 404 valence electrons. The van der Waals surface area contributed by atoms with E-state index in [9.17, 15) is 43.5 Å². The molecular formula is C49H87N3O16P2. The highest BCUT2D eigenvalue weighted by atomic mass is 31.3. The molecule has 1 aromatic rings. The van der Waals surface area contributed by atoms with Crippen LogP contribution in [-0.4, -0.2) is 97.9 Å². The van der Waals surface area contributed by atoms with Crippen LogP contribution in [0.3, 0.4) is 0 Å². The zero-order chi connectivity index (χ0) is 51.2. The number of ether oxygens (including phenoxy) is 4. The van der Waals surface area contributed by atoms with Gasteiger partial charge >= 0.3 is 33.3 Å². The van der Waals surface area contributed by atoms with Crippen molar-refractivity contribution in [3.63, 3.8) is 0 Å². The van der Waals surface area contributed by atoms with Gasteiger partial charge in [0.05, 0.1) is 25.4 Å². The molecule has 0 saturated carbocycles. The molecule has 2 fully saturated rings. The number of esters is 2. The second-order valence-corrected chi connectivity index (χ2v) is 22.3. The Morgan fingerprint density at radius 1 is 0.743 bits per heavy atom. The summed E-state index contributed by atoms with van der Waals surface area (Å²) in [5.74, 6) is -0.522. The number of nitrogens with zero attached hydrogens (tertiary/aromatic N) is 2. The van der Waals surface area contributed by atoms with Crippen LogP contribution in [-0.2, 0) is 51.0 Å². The number of phosphoric ester groups is 2. The number of carbonyl (C=O) groups excluding carboxylic acids is 2. The summed E-state index contributed by atoms with van der Waals surface area (Å²) in [5, 5.41) is 20.9. The second-order valence-electron chi connectivity index (χ2n) is 19.2. The van der Waals surface area contributed by atoms with Gasteiger partial charge in [0.2, 0.25) is 0 Å². The van der Waals surface area contributed by atoms with Gasteiger partial charge in [-0.2, -0.15) is 9.29 Å². The molecule has 9 atom stereocenters. The highest BCUT2D eigenvalue weighted by Crippen LogP contribution is 2.60. The van der Waals surface area contributed by atoms with E-state index in [4.69, 9.17) is 33.7 Å². The lowest BCUT2D eigenvalue weighted by atomic mass is 10.0. The number of aliphatic hydroxyl groups excluding tert-OH is 2. The molecule has 6 N–H and O–H groups in total. The molecule has 0 spiro atoms. The number of hydrogen-bond donors (Lipinski definition) is 5. The van der Waals surface area contributed by atoms with Crippen molar-refractivity contribution in [3.8, 4) is 0 Å². The minimum atomic E-state index is -5.43. The maximum Gasteiger partial charge on any atom is 0.481 e. The molecular weight excluding hydrogens is 948 g/mol. The van der Waals surface area contributed by atoms with E-state index in [1.807, 2.05) is 0 Å². The molecule has 0 radical (unpaired) electrons. The lowest BCUT2D eigenvalue weighted by Gasteiger charge is -2.21. The predicted molar refractivity (Wildman–Crippen MR) is 265 cm³/mol. The van der Waals surface area contributed by atoms with Crippen molar-refractivity contribution < 1.29 is 71.0 Å². The molecule has 70 heavy (non-hydrogen) atoms. The fraction of sp³-hybridized carbons (Fsp3) is 0.837. The molecule has 0 aromatic carbocycles. The number of epoxide rings is 1. The van der Waals surface area contributed by atoms with Crippen molar-refractivity contribution in [2.75, 3.05) is 25.6 Å². The minimum Gasteiger partial charge on any atom is -0.462 e. The molecule has 0 amide bonds. The Morgan fingerprint density at radius 3 is 1.94 bits per heavy atom. The lowest BCUT2D eigenvalue weighted by molar-refractivity contribution is -0.161. The second kappa shape index (κ2) is 34.8. The zero-order valence-corrected chi connectivity index (χ0v) is 44.0. The van der Waals surface area contributed by atoms with E-state index in [1.54, 1.807) is 0 Å². The van der Waals surface area contributed by atoms with Crippen molar-refractivity contribution in [1.82, 2.24) is 9.55 Å². The quantitative estimate of drug-likeness (QED) is 0.0134. The first-order valence-electron chi connectivity index (χ1n) is 26.2. The van der Waals surface area contributed by atoms with Gasteiger partial charge in [0, 0.05) is 19.0 Å². The first kappa shape index (κ1) is 61.8. The van der Waals surface area contributed by atoms with Crippen LogP contribution >= 0.6 is 15.6 Å². The van der Waals surface area contributed by atoms with Gasteiger partial charge in [-0.1, -0.05) is 155 Å².